The maximum Gasteiger partial charge on any atom is 0.0648 e. The number of nitrogens with zero attached hydrogens (tertiary/aromatic N) is 2. The van der Waals surface area contributed by atoms with Crippen LogP contribution in [0, 0.1) is 0 Å². The van der Waals surface area contributed by atoms with Gasteiger partial charge in [-0.05, 0) is 44.0 Å². The van der Waals surface area contributed by atoms with Gasteiger partial charge in [0.2, 0.25) is 0 Å². The first-order valence-electron chi connectivity index (χ1n) is 8.21. The number of rotatable bonds is 4. The summed E-state index contributed by atoms with van der Waals surface area (Å²) in [7, 11) is 0. The van der Waals surface area contributed by atoms with Crippen molar-refractivity contribution in [3.8, 4) is 5.69 Å². The number of aromatic nitrogens is 2. The zero-order valence-electron chi connectivity index (χ0n) is 12.8. The molecule has 1 aliphatic rings. The lowest BCUT2D eigenvalue weighted by molar-refractivity contribution is 0.442. The Hall–Kier alpha value is -1.61. The second kappa shape index (κ2) is 6.90. The highest BCUT2D eigenvalue weighted by atomic mass is 15.3. The second-order valence-corrected chi connectivity index (χ2v) is 5.98. The summed E-state index contributed by atoms with van der Waals surface area (Å²) in [5, 5.41) is 8.21. The van der Waals surface area contributed by atoms with Gasteiger partial charge in [-0.2, -0.15) is 5.10 Å². The van der Waals surface area contributed by atoms with E-state index >= 15 is 0 Å². The molecule has 1 saturated carbocycles. The van der Waals surface area contributed by atoms with Crippen LogP contribution < -0.4 is 5.32 Å². The largest absolute Gasteiger partial charge is 0.314 e. The molecule has 0 saturated heterocycles. The lowest BCUT2D eigenvalue weighted by Gasteiger charge is -2.21. The van der Waals surface area contributed by atoms with E-state index in [9.17, 15) is 0 Å². The van der Waals surface area contributed by atoms with Crippen molar-refractivity contribution in [1.29, 1.82) is 0 Å². The van der Waals surface area contributed by atoms with Crippen molar-refractivity contribution < 1.29 is 0 Å². The molecule has 3 rings (SSSR count). The molecular formula is C18H25N3. The quantitative estimate of drug-likeness (QED) is 0.863. The van der Waals surface area contributed by atoms with Crippen molar-refractivity contribution in [2.24, 2.45) is 0 Å². The molecule has 21 heavy (non-hydrogen) atoms. The van der Waals surface area contributed by atoms with Crippen LogP contribution >= 0.6 is 0 Å². The van der Waals surface area contributed by atoms with Gasteiger partial charge in [0.15, 0.2) is 0 Å². The van der Waals surface area contributed by atoms with E-state index in [0.717, 1.165) is 6.54 Å². The third-order valence-electron chi connectivity index (χ3n) is 4.51. The minimum absolute atomic E-state index is 0.610. The van der Waals surface area contributed by atoms with Gasteiger partial charge in [-0.15, -0.1) is 0 Å². The van der Waals surface area contributed by atoms with Crippen LogP contribution in [0.4, 0.5) is 0 Å². The molecule has 1 aliphatic carbocycles. The van der Waals surface area contributed by atoms with Crippen LogP contribution in [0.5, 0.6) is 0 Å². The summed E-state index contributed by atoms with van der Waals surface area (Å²) in [5.74, 6) is 0.610. The summed E-state index contributed by atoms with van der Waals surface area (Å²) >= 11 is 0. The number of benzene rings is 1. The maximum absolute atomic E-state index is 4.56. The molecule has 0 aliphatic heterocycles. The zero-order valence-corrected chi connectivity index (χ0v) is 12.8. The maximum atomic E-state index is 4.56. The molecule has 0 bridgehead atoms. The molecule has 0 spiro atoms. The third kappa shape index (κ3) is 3.35. The van der Waals surface area contributed by atoms with Gasteiger partial charge >= 0.3 is 0 Å². The molecule has 1 heterocycles. The highest BCUT2D eigenvalue weighted by Gasteiger charge is 2.23. The fraction of sp³-hybridized carbons (Fsp3) is 0.500. The molecule has 112 valence electrons. The molecule has 2 atom stereocenters. The summed E-state index contributed by atoms with van der Waals surface area (Å²) in [4.78, 5) is 0. The topological polar surface area (TPSA) is 29.9 Å². The van der Waals surface area contributed by atoms with Gasteiger partial charge in [-0.25, -0.2) is 4.68 Å². The van der Waals surface area contributed by atoms with Crippen LogP contribution in [-0.4, -0.2) is 22.4 Å². The van der Waals surface area contributed by atoms with Gasteiger partial charge in [-0.3, -0.25) is 0 Å². The molecule has 3 heteroatoms. The first kappa shape index (κ1) is 14.3. The van der Waals surface area contributed by atoms with E-state index in [2.05, 4.69) is 58.4 Å². The Morgan fingerprint density at radius 3 is 2.76 bits per heavy atom. The molecule has 2 unspecified atom stereocenters. The van der Waals surface area contributed by atoms with Crippen LogP contribution in [0.1, 0.15) is 50.6 Å². The van der Waals surface area contributed by atoms with Crippen molar-refractivity contribution >= 4 is 0 Å². The molecule has 2 aromatic rings. The number of para-hydroxylation sites is 1. The van der Waals surface area contributed by atoms with E-state index in [1.54, 1.807) is 0 Å². The van der Waals surface area contributed by atoms with Gasteiger partial charge < -0.3 is 5.32 Å². The minimum Gasteiger partial charge on any atom is -0.314 e. The van der Waals surface area contributed by atoms with E-state index in [4.69, 9.17) is 0 Å². The predicted molar refractivity (Wildman–Crippen MR) is 86.9 cm³/mol. The molecule has 0 radical (unpaired) electrons. The average Bonchev–Trinajstić information content (AvgIpc) is 2.89. The smallest absolute Gasteiger partial charge is 0.0648 e. The van der Waals surface area contributed by atoms with Crippen LogP contribution in [0.25, 0.3) is 5.69 Å². The van der Waals surface area contributed by atoms with Gasteiger partial charge in [0.25, 0.3) is 0 Å². The van der Waals surface area contributed by atoms with Gasteiger partial charge in [0.1, 0.15) is 0 Å². The molecular weight excluding hydrogens is 258 g/mol. The number of hydrogen-bond acceptors (Lipinski definition) is 2. The summed E-state index contributed by atoms with van der Waals surface area (Å²) in [6.07, 6.45) is 8.42. The summed E-state index contributed by atoms with van der Waals surface area (Å²) in [6.45, 7) is 3.27. The van der Waals surface area contributed by atoms with Gasteiger partial charge in [-0.1, -0.05) is 38.0 Å². The SMILES string of the molecule is CCNC1CCCCC(c2ccnn2-c2ccccc2)C1. The Bertz CT molecular complexity index is 547. The summed E-state index contributed by atoms with van der Waals surface area (Å²) in [6, 6.07) is 13.3. The average molecular weight is 283 g/mol. The first-order chi connectivity index (χ1) is 10.4. The number of hydrogen-bond donors (Lipinski definition) is 1. The number of nitrogens with one attached hydrogen (secondary N) is 1. The van der Waals surface area contributed by atoms with Crippen LogP contribution in [-0.2, 0) is 0 Å². The van der Waals surface area contributed by atoms with Crippen molar-refractivity contribution in [3.63, 3.8) is 0 Å². The zero-order chi connectivity index (χ0) is 14.5. The van der Waals surface area contributed by atoms with E-state index in [1.165, 1.54) is 43.5 Å². The lowest BCUT2D eigenvalue weighted by Crippen LogP contribution is -2.29. The Morgan fingerprint density at radius 1 is 1.14 bits per heavy atom. The first-order valence-corrected chi connectivity index (χ1v) is 8.21. The predicted octanol–water partition coefficient (Wildman–Crippen LogP) is 3.90. The Balaban J connectivity index is 1.84. The molecule has 0 amide bonds. The van der Waals surface area contributed by atoms with E-state index in [-0.39, 0.29) is 0 Å². The highest BCUT2D eigenvalue weighted by molar-refractivity contribution is 5.33. The molecule has 1 aromatic carbocycles. The molecule has 3 nitrogen and oxygen atoms in total. The van der Waals surface area contributed by atoms with Gasteiger partial charge in [0.05, 0.1) is 5.69 Å². The minimum atomic E-state index is 0.610. The Kier molecular flexibility index (Phi) is 4.71. The van der Waals surface area contributed by atoms with E-state index in [0.29, 0.717) is 12.0 Å². The monoisotopic (exact) mass is 283 g/mol. The second-order valence-electron chi connectivity index (χ2n) is 5.98. The molecule has 1 aromatic heterocycles. The fourth-order valence-electron chi connectivity index (χ4n) is 3.51. The van der Waals surface area contributed by atoms with E-state index < -0.39 is 0 Å². The van der Waals surface area contributed by atoms with Crippen molar-refractivity contribution in [3.05, 3.63) is 48.3 Å². The third-order valence-corrected chi connectivity index (χ3v) is 4.51. The van der Waals surface area contributed by atoms with E-state index in [1.807, 2.05) is 6.20 Å². The van der Waals surface area contributed by atoms with Crippen LogP contribution in [0.2, 0.25) is 0 Å². The van der Waals surface area contributed by atoms with Crippen molar-refractivity contribution in [2.45, 2.75) is 51.0 Å². The lowest BCUT2D eigenvalue weighted by atomic mass is 9.94. The fourth-order valence-corrected chi connectivity index (χ4v) is 3.51. The van der Waals surface area contributed by atoms with Crippen LogP contribution in [0.15, 0.2) is 42.6 Å². The Morgan fingerprint density at radius 2 is 1.95 bits per heavy atom. The summed E-state index contributed by atoms with van der Waals surface area (Å²) in [5.41, 5.74) is 2.53. The highest BCUT2D eigenvalue weighted by Crippen LogP contribution is 2.32. The van der Waals surface area contributed by atoms with Gasteiger partial charge in [0, 0.05) is 23.9 Å². The Labute approximate surface area is 127 Å². The summed E-state index contributed by atoms with van der Waals surface area (Å²) < 4.78 is 2.12. The van der Waals surface area contributed by atoms with Crippen LogP contribution in [0.3, 0.4) is 0 Å². The van der Waals surface area contributed by atoms with Crippen molar-refractivity contribution in [1.82, 2.24) is 15.1 Å². The molecule has 1 N–H and O–H groups in total. The standard InChI is InChI=1S/C18H25N3/c1-2-19-16-9-7-6-8-15(14-16)18-12-13-20-21(18)17-10-4-3-5-11-17/h3-5,10-13,15-16,19H,2,6-9,14H2,1H3. The normalized spacial score (nSPS) is 22.9. The molecule has 1 fully saturated rings. The van der Waals surface area contributed by atoms with Crippen molar-refractivity contribution in [2.75, 3.05) is 6.54 Å².